The van der Waals surface area contributed by atoms with Crippen LogP contribution in [0.4, 0.5) is 0 Å². The van der Waals surface area contributed by atoms with E-state index < -0.39 is 0 Å². The van der Waals surface area contributed by atoms with E-state index in [1.807, 2.05) is 13.0 Å². The number of halogens is 2. The minimum atomic E-state index is 0.232. The lowest BCUT2D eigenvalue weighted by molar-refractivity contribution is 1.09. The highest BCUT2D eigenvalue weighted by atomic mass is 79.9. The number of aliphatic imine (C=N–C) groups is 1. The molecule has 0 spiro atoms. The first-order valence-corrected chi connectivity index (χ1v) is 6.23. The Kier molecular flexibility index (Phi) is 3.80. The van der Waals surface area contributed by atoms with Crippen LogP contribution in [-0.4, -0.2) is 10.3 Å². The molecule has 2 heterocycles. The average molecular weight is 324 g/mol. The number of rotatable bonds is 1. The summed E-state index contributed by atoms with van der Waals surface area (Å²) in [6.45, 7) is 1.85. The topological polar surface area (TPSA) is 61.1 Å². The van der Waals surface area contributed by atoms with Crippen LogP contribution in [0.25, 0.3) is 5.57 Å². The van der Waals surface area contributed by atoms with Crippen molar-refractivity contribution in [3.8, 4) is 6.07 Å². The Hall–Kier alpha value is -1.64. The molecule has 0 radical (unpaired) electrons. The Morgan fingerprint density at radius 3 is 3.00 bits per heavy atom. The van der Waals surface area contributed by atoms with E-state index in [1.54, 1.807) is 18.5 Å². The zero-order chi connectivity index (χ0) is 13.1. The van der Waals surface area contributed by atoms with Crippen LogP contribution in [0, 0.1) is 11.3 Å². The summed E-state index contributed by atoms with van der Waals surface area (Å²) in [4.78, 5) is 8.13. The second-order valence-corrected chi connectivity index (χ2v) is 4.77. The van der Waals surface area contributed by atoms with Crippen molar-refractivity contribution in [3.63, 3.8) is 0 Å². The van der Waals surface area contributed by atoms with Crippen LogP contribution in [0.5, 0.6) is 0 Å². The average Bonchev–Trinajstić information content (AvgIpc) is 2.36. The molecule has 1 aromatic heterocycles. The number of hydrogen-bond acceptors (Lipinski definition) is 4. The van der Waals surface area contributed by atoms with Crippen molar-refractivity contribution in [2.24, 2.45) is 4.99 Å². The number of hydrogen-bond donors (Lipinski definition) is 1. The van der Waals surface area contributed by atoms with Crippen LogP contribution < -0.4 is 5.32 Å². The van der Waals surface area contributed by atoms with Gasteiger partial charge >= 0.3 is 0 Å². The third-order valence-electron chi connectivity index (χ3n) is 2.35. The summed E-state index contributed by atoms with van der Waals surface area (Å²) < 4.78 is 0.752. The Bertz CT molecular complexity index is 625. The molecule has 1 aromatic rings. The maximum atomic E-state index is 9.34. The molecule has 0 atom stereocenters. The zero-order valence-corrected chi connectivity index (χ0v) is 11.7. The third-order valence-corrected chi connectivity index (χ3v) is 3.18. The number of pyridine rings is 1. The molecule has 0 unspecified atom stereocenters. The predicted molar refractivity (Wildman–Crippen MR) is 74.7 cm³/mol. The smallest absolute Gasteiger partial charge is 0.200 e. The zero-order valence-electron chi connectivity index (χ0n) is 9.41. The molecule has 90 valence electrons. The largest absolute Gasteiger partial charge is 0.329 e. The van der Waals surface area contributed by atoms with Crippen LogP contribution in [0.3, 0.4) is 0 Å². The molecule has 18 heavy (non-hydrogen) atoms. The van der Waals surface area contributed by atoms with Gasteiger partial charge in [-0.05, 0) is 52.2 Å². The normalized spacial score (nSPS) is 17.2. The van der Waals surface area contributed by atoms with Crippen LogP contribution in [0.15, 0.2) is 45.3 Å². The molecule has 1 N–H and O–H groups in total. The summed E-state index contributed by atoms with van der Waals surface area (Å²) >= 11 is 9.20. The van der Waals surface area contributed by atoms with Crippen molar-refractivity contribution in [1.82, 2.24) is 10.3 Å². The molecular formula is C12H8BrClN4. The van der Waals surface area contributed by atoms with E-state index in [0.29, 0.717) is 17.0 Å². The highest BCUT2D eigenvalue weighted by Gasteiger charge is 2.17. The van der Waals surface area contributed by atoms with Gasteiger partial charge in [0, 0.05) is 16.9 Å². The fourth-order valence-corrected chi connectivity index (χ4v) is 2.11. The van der Waals surface area contributed by atoms with Gasteiger partial charge in [-0.2, -0.15) is 5.26 Å². The fraction of sp³-hybridized carbons (Fsp3) is 0.0833. The Morgan fingerprint density at radius 2 is 2.33 bits per heavy atom. The summed E-state index contributed by atoms with van der Waals surface area (Å²) in [5, 5.41) is 12.5. The molecule has 0 saturated carbocycles. The first kappa shape index (κ1) is 12.8. The lowest BCUT2D eigenvalue weighted by atomic mass is 10.1. The molecule has 1 aliphatic heterocycles. The second kappa shape index (κ2) is 5.34. The summed E-state index contributed by atoms with van der Waals surface area (Å²) in [7, 11) is 0. The van der Waals surface area contributed by atoms with Gasteiger partial charge in [-0.3, -0.25) is 4.98 Å². The van der Waals surface area contributed by atoms with Gasteiger partial charge < -0.3 is 5.32 Å². The van der Waals surface area contributed by atoms with Crippen molar-refractivity contribution in [3.05, 3.63) is 46.0 Å². The van der Waals surface area contributed by atoms with E-state index in [2.05, 4.69) is 37.3 Å². The molecule has 4 nitrogen and oxygen atoms in total. The molecule has 0 aliphatic carbocycles. The Morgan fingerprint density at radius 1 is 1.56 bits per heavy atom. The van der Waals surface area contributed by atoms with E-state index in [1.165, 1.54) is 0 Å². The van der Waals surface area contributed by atoms with Gasteiger partial charge in [0.15, 0.2) is 5.29 Å². The summed E-state index contributed by atoms with van der Waals surface area (Å²) in [6, 6.07) is 5.77. The van der Waals surface area contributed by atoms with E-state index in [9.17, 15) is 5.26 Å². The predicted octanol–water partition coefficient (Wildman–Crippen LogP) is 3.18. The lowest BCUT2D eigenvalue weighted by Gasteiger charge is -2.15. The van der Waals surface area contributed by atoms with Crippen molar-refractivity contribution < 1.29 is 0 Å². The molecule has 0 aromatic carbocycles. The number of amidine groups is 1. The number of allylic oxidation sites excluding steroid dienone is 2. The van der Waals surface area contributed by atoms with Gasteiger partial charge in [0.05, 0.1) is 11.4 Å². The van der Waals surface area contributed by atoms with Gasteiger partial charge in [-0.1, -0.05) is 0 Å². The van der Waals surface area contributed by atoms with Crippen LogP contribution in [-0.2, 0) is 0 Å². The van der Waals surface area contributed by atoms with Crippen LogP contribution in [0.1, 0.15) is 12.6 Å². The van der Waals surface area contributed by atoms with Gasteiger partial charge in [0.25, 0.3) is 0 Å². The molecule has 0 amide bonds. The highest BCUT2D eigenvalue weighted by molar-refractivity contribution is 9.10. The van der Waals surface area contributed by atoms with E-state index in [-0.39, 0.29) is 5.29 Å². The fourth-order valence-electron chi connectivity index (χ4n) is 1.51. The van der Waals surface area contributed by atoms with Gasteiger partial charge in [0.2, 0.25) is 0 Å². The Labute approximate surface area is 118 Å². The van der Waals surface area contributed by atoms with Crippen LogP contribution >= 0.6 is 27.5 Å². The molecule has 1 aliphatic rings. The molecule has 2 rings (SSSR count). The standard InChI is InChI=1S/C12H8BrClN4/c1-7-6-17-12(14)18-10(7)8(5-15)11-9(13)3-2-4-16-11/h2-4,6H,1H3,(H,17,18). The first-order chi connectivity index (χ1) is 8.63. The van der Waals surface area contributed by atoms with Gasteiger partial charge in [0.1, 0.15) is 11.6 Å². The van der Waals surface area contributed by atoms with Crippen molar-refractivity contribution >= 4 is 38.4 Å². The SMILES string of the molecule is CC1=CN=C(Cl)NC1=C(C#N)c1ncccc1Br. The van der Waals surface area contributed by atoms with Gasteiger partial charge in [-0.25, -0.2) is 4.99 Å². The monoisotopic (exact) mass is 322 g/mol. The highest BCUT2D eigenvalue weighted by Crippen LogP contribution is 2.27. The Balaban J connectivity index is 2.61. The van der Waals surface area contributed by atoms with E-state index >= 15 is 0 Å². The number of nitrogens with one attached hydrogen (secondary N) is 1. The molecule has 0 saturated heterocycles. The van der Waals surface area contributed by atoms with Crippen LogP contribution in [0.2, 0.25) is 0 Å². The van der Waals surface area contributed by atoms with E-state index in [0.717, 1.165) is 10.0 Å². The maximum Gasteiger partial charge on any atom is 0.200 e. The quantitative estimate of drug-likeness (QED) is 0.638. The third kappa shape index (κ3) is 2.45. The first-order valence-electron chi connectivity index (χ1n) is 5.06. The number of aromatic nitrogens is 1. The second-order valence-electron chi connectivity index (χ2n) is 3.55. The lowest BCUT2D eigenvalue weighted by Crippen LogP contribution is -2.22. The molecule has 0 bridgehead atoms. The minimum absolute atomic E-state index is 0.232. The molecule has 0 fully saturated rings. The number of nitrogens with zero attached hydrogens (tertiary/aromatic N) is 3. The van der Waals surface area contributed by atoms with E-state index in [4.69, 9.17) is 11.6 Å². The molecule has 6 heteroatoms. The summed E-state index contributed by atoms with van der Waals surface area (Å²) in [5.74, 6) is 0. The van der Waals surface area contributed by atoms with Gasteiger partial charge in [-0.15, -0.1) is 0 Å². The number of nitriles is 1. The molecular weight excluding hydrogens is 316 g/mol. The minimum Gasteiger partial charge on any atom is -0.329 e. The summed E-state index contributed by atoms with van der Waals surface area (Å²) in [6.07, 6.45) is 3.25. The van der Waals surface area contributed by atoms with Crippen molar-refractivity contribution in [1.29, 1.82) is 5.26 Å². The summed E-state index contributed by atoms with van der Waals surface area (Å²) in [5.41, 5.74) is 2.44. The maximum absolute atomic E-state index is 9.34. The van der Waals surface area contributed by atoms with Crippen molar-refractivity contribution in [2.45, 2.75) is 6.92 Å². The van der Waals surface area contributed by atoms with Crippen molar-refractivity contribution in [2.75, 3.05) is 0 Å².